The molecule has 4 atom stereocenters. The largest absolute Gasteiger partial charge is 0.481 e. The van der Waals surface area contributed by atoms with Gasteiger partial charge >= 0.3 is 5.97 Å². The highest BCUT2D eigenvalue weighted by Gasteiger charge is 2.50. The first kappa shape index (κ1) is 17.2. The fraction of sp³-hybridized carbons (Fsp3) is 0.857. The lowest BCUT2D eigenvalue weighted by Crippen LogP contribution is -2.66. The molecule has 0 aromatic carbocycles. The average Bonchev–Trinajstić information content (AvgIpc) is 2.21. The highest BCUT2D eigenvalue weighted by atomic mass is 28.4. The number of carbonyl (C=O) groups excluding carboxylic acids is 1. The van der Waals surface area contributed by atoms with E-state index in [1.165, 1.54) is 0 Å². The smallest absolute Gasteiger partial charge is 0.308 e. The van der Waals surface area contributed by atoms with E-state index in [1.54, 1.807) is 6.92 Å². The fourth-order valence-electron chi connectivity index (χ4n) is 2.23. The van der Waals surface area contributed by atoms with Crippen LogP contribution in [0.25, 0.3) is 0 Å². The zero-order valence-corrected chi connectivity index (χ0v) is 14.5. The highest BCUT2D eigenvalue weighted by Crippen LogP contribution is 2.39. The number of aliphatic carboxylic acids is 1. The summed E-state index contributed by atoms with van der Waals surface area (Å²) in [4.78, 5) is 22.8. The first-order valence-corrected chi connectivity index (χ1v) is 10.0. The lowest BCUT2D eigenvalue weighted by molar-refractivity contribution is -0.151. The number of carboxylic acid groups (broad SMARTS) is 1. The molecule has 6 heteroatoms. The summed E-state index contributed by atoms with van der Waals surface area (Å²) in [6, 6.07) is -0.334. The molecule has 0 saturated carbocycles. The van der Waals surface area contributed by atoms with Gasteiger partial charge in [0.05, 0.1) is 24.0 Å². The maximum atomic E-state index is 11.8. The molecule has 0 spiro atoms. The van der Waals surface area contributed by atoms with Gasteiger partial charge in [0.2, 0.25) is 5.91 Å². The Morgan fingerprint density at radius 3 is 2.20 bits per heavy atom. The van der Waals surface area contributed by atoms with Crippen LogP contribution in [0.1, 0.15) is 34.6 Å². The van der Waals surface area contributed by atoms with Crippen molar-refractivity contribution in [3.63, 3.8) is 0 Å². The number of carboxylic acids is 1. The minimum Gasteiger partial charge on any atom is -0.481 e. The number of carbonyl (C=O) groups is 2. The third-order valence-corrected chi connectivity index (χ3v) is 9.29. The van der Waals surface area contributed by atoms with Crippen molar-refractivity contribution in [3.05, 3.63) is 0 Å². The second kappa shape index (κ2) is 5.48. The third-order valence-electron chi connectivity index (χ3n) is 4.72. The summed E-state index contributed by atoms with van der Waals surface area (Å²) >= 11 is 0. The predicted molar refractivity (Wildman–Crippen MR) is 80.0 cm³/mol. The Bertz CT molecular complexity index is 402. The molecule has 1 heterocycles. The second-order valence-electron chi connectivity index (χ2n) is 7.27. The molecule has 0 aromatic heterocycles. The quantitative estimate of drug-likeness (QED) is 0.603. The van der Waals surface area contributed by atoms with E-state index in [0.29, 0.717) is 0 Å². The van der Waals surface area contributed by atoms with Gasteiger partial charge in [-0.15, -0.1) is 0 Å². The number of hydrogen-bond acceptors (Lipinski definition) is 3. The summed E-state index contributed by atoms with van der Waals surface area (Å²) in [5.74, 6) is -1.95. The predicted octanol–water partition coefficient (Wildman–Crippen LogP) is 2.23. The summed E-state index contributed by atoms with van der Waals surface area (Å²) < 4.78 is 6.22. The van der Waals surface area contributed by atoms with Crippen LogP contribution in [0, 0.1) is 11.8 Å². The maximum Gasteiger partial charge on any atom is 0.308 e. The lowest BCUT2D eigenvalue weighted by atomic mass is 9.79. The van der Waals surface area contributed by atoms with Crippen molar-refractivity contribution in [2.75, 3.05) is 0 Å². The first-order valence-electron chi connectivity index (χ1n) is 7.09. The van der Waals surface area contributed by atoms with E-state index in [2.05, 4.69) is 39.2 Å². The molecule has 0 bridgehead atoms. The molecule has 0 aliphatic carbocycles. The number of rotatable bonds is 5. The van der Waals surface area contributed by atoms with Crippen molar-refractivity contribution in [1.29, 1.82) is 0 Å². The van der Waals surface area contributed by atoms with E-state index in [0.717, 1.165) is 0 Å². The van der Waals surface area contributed by atoms with Crippen LogP contribution >= 0.6 is 0 Å². The van der Waals surface area contributed by atoms with Gasteiger partial charge < -0.3 is 14.8 Å². The molecule has 5 nitrogen and oxygen atoms in total. The van der Waals surface area contributed by atoms with Crippen molar-refractivity contribution in [1.82, 2.24) is 5.32 Å². The summed E-state index contributed by atoms with van der Waals surface area (Å²) in [7, 11) is -1.96. The molecule has 1 amide bonds. The van der Waals surface area contributed by atoms with Crippen LogP contribution < -0.4 is 5.32 Å². The lowest BCUT2D eigenvalue weighted by Gasteiger charge is -2.46. The molecule has 1 saturated heterocycles. The van der Waals surface area contributed by atoms with Crippen LogP contribution in [-0.2, 0) is 14.0 Å². The minimum atomic E-state index is -1.96. The SMILES string of the molecule is CC(C(=O)O)[C@@H]1NC(=O)[C@@H]1[C@@H](C)O[Si](C)(C)C(C)(C)C. The van der Waals surface area contributed by atoms with Gasteiger partial charge in [0.15, 0.2) is 8.32 Å². The molecule has 2 N–H and O–H groups in total. The number of amides is 1. The molecule has 0 radical (unpaired) electrons. The van der Waals surface area contributed by atoms with Gasteiger partial charge in [-0.1, -0.05) is 20.8 Å². The Kier molecular flexibility index (Phi) is 4.71. The maximum absolute atomic E-state index is 11.8. The Balaban J connectivity index is 2.78. The van der Waals surface area contributed by atoms with E-state index < -0.39 is 20.2 Å². The van der Waals surface area contributed by atoms with Crippen LogP contribution in [0.2, 0.25) is 18.1 Å². The summed E-state index contributed by atoms with van der Waals surface area (Å²) in [6.07, 6.45) is -0.253. The van der Waals surface area contributed by atoms with Crippen LogP contribution in [0.5, 0.6) is 0 Å². The number of nitrogens with one attached hydrogen (secondary N) is 1. The monoisotopic (exact) mass is 301 g/mol. The van der Waals surface area contributed by atoms with Gasteiger partial charge in [-0.25, -0.2) is 0 Å². The van der Waals surface area contributed by atoms with Gasteiger partial charge in [0.25, 0.3) is 0 Å². The van der Waals surface area contributed by atoms with E-state index in [4.69, 9.17) is 9.53 Å². The van der Waals surface area contributed by atoms with Gasteiger partial charge in [-0.3, -0.25) is 9.59 Å². The van der Waals surface area contributed by atoms with Crippen LogP contribution in [0.4, 0.5) is 0 Å². The average molecular weight is 301 g/mol. The molecule has 1 aliphatic heterocycles. The van der Waals surface area contributed by atoms with Crippen molar-refractivity contribution < 1.29 is 19.1 Å². The molecule has 1 unspecified atom stereocenters. The highest BCUT2D eigenvalue weighted by molar-refractivity contribution is 6.74. The summed E-state index contributed by atoms with van der Waals surface area (Å²) in [5.41, 5.74) is 0. The number of hydrogen-bond donors (Lipinski definition) is 2. The van der Waals surface area contributed by atoms with E-state index in [-0.39, 0.29) is 29.0 Å². The third kappa shape index (κ3) is 3.23. The normalized spacial score (nSPS) is 26.4. The summed E-state index contributed by atoms with van der Waals surface area (Å²) in [5, 5.41) is 11.8. The van der Waals surface area contributed by atoms with Gasteiger partial charge in [-0.05, 0) is 32.0 Å². The van der Waals surface area contributed by atoms with Crippen LogP contribution in [-0.4, -0.2) is 37.4 Å². The molecule has 1 rings (SSSR count). The molecular weight excluding hydrogens is 274 g/mol. The molecule has 0 aromatic rings. The molecule has 116 valence electrons. The van der Waals surface area contributed by atoms with Crippen molar-refractivity contribution in [2.24, 2.45) is 11.8 Å². The summed E-state index contributed by atoms with van der Waals surface area (Å²) in [6.45, 7) is 14.2. The first-order chi connectivity index (χ1) is 8.88. The Morgan fingerprint density at radius 2 is 1.85 bits per heavy atom. The van der Waals surface area contributed by atoms with E-state index in [9.17, 15) is 9.59 Å². The Labute approximate surface area is 122 Å². The van der Waals surface area contributed by atoms with Gasteiger partial charge in [-0.2, -0.15) is 0 Å². The van der Waals surface area contributed by atoms with Gasteiger partial charge in [0.1, 0.15) is 0 Å². The molecule has 1 aliphatic rings. The van der Waals surface area contributed by atoms with E-state index >= 15 is 0 Å². The van der Waals surface area contributed by atoms with E-state index in [1.807, 2.05) is 6.92 Å². The standard InChI is InChI=1S/C14H27NO4Si/c1-8(13(17)18)11-10(12(16)15-11)9(2)19-20(6,7)14(3,4)5/h8-11H,1-7H3,(H,15,16)(H,17,18)/t8?,9-,10-,11+/m1/s1. The Hall–Kier alpha value is -0.883. The van der Waals surface area contributed by atoms with Crippen LogP contribution in [0.3, 0.4) is 0 Å². The van der Waals surface area contributed by atoms with Crippen LogP contribution in [0.15, 0.2) is 0 Å². The zero-order valence-electron chi connectivity index (χ0n) is 13.5. The zero-order chi connectivity index (χ0) is 15.9. The number of β-lactam (4-membered cyclic amide) rings is 1. The molecule has 1 fully saturated rings. The van der Waals surface area contributed by atoms with Crippen molar-refractivity contribution in [2.45, 2.75) is 64.9 Å². The molecule has 20 heavy (non-hydrogen) atoms. The Morgan fingerprint density at radius 1 is 1.35 bits per heavy atom. The van der Waals surface area contributed by atoms with Crippen molar-refractivity contribution >= 4 is 20.2 Å². The fourth-order valence-corrected chi connectivity index (χ4v) is 3.66. The second-order valence-corrected chi connectivity index (χ2v) is 12.0. The van der Waals surface area contributed by atoms with Gasteiger partial charge in [0, 0.05) is 0 Å². The minimum absolute atomic E-state index is 0.0649. The van der Waals surface area contributed by atoms with Crippen molar-refractivity contribution in [3.8, 4) is 0 Å². The topological polar surface area (TPSA) is 75.6 Å². The molecular formula is C14H27NO4Si.